The number of aromatic nitrogens is 1. The van der Waals surface area contributed by atoms with Crippen LogP contribution >= 0.6 is 11.3 Å². The van der Waals surface area contributed by atoms with Crippen molar-refractivity contribution in [1.29, 1.82) is 0 Å². The van der Waals surface area contributed by atoms with Gasteiger partial charge in [0.25, 0.3) is 0 Å². The lowest BCUT2D eigenvalue weighted by atomic mass is 9.86. The van der Waals surface area contributed by atoms with Gasteiger partial charge in [-0.05, 0) is 43.2 Å². The van der Waals surface area contributed by atoms with Crippen LogP contribution in [0.4, 0.5) is 0 Å². The molecule has 1 fully saturated rings. The van der Waals surface area contributed by atoms with Crippen LogP contribution in [0.3, 0.4) is 0 Å². The van der Waals surface area contributed by atoms with Crippen LogP contribution in [0.5, 0.6) is 0 Å². The number of rotatable bonds is 5. The van der Waals surface area contributed by atoms with Crippen LogP contribution in [0, 0.1) is 12.3 Å². The summed E-state index contributed by atoms with van der Waals surface area (Å²) in [4.78, 5) is 32.9. The van der Waals surface area contributed by atoms with Gasteiger partial charge in [-0.15, -0.1) is 11.3 Å². The topological polar surface area (TPSA) is 88.3 Å². The van der Waals surface area contributed by atoms with Gasteiger partial charge in [-0.2, -0.15) is 0 Å². The number of nitrogens with one attached hydrogen (secondary N) is 1. The van der Waals surface area contributed by atoms with Crippen LogP contribution < -0.4 is 11.1 Å². The van der Waals surface area contributed by atoms with Gasteiger partial charge in [-0.1, -0.05) is 45.0 Å². The third-order valence-corrected chi connectivity index (χ3v) is 6.79. The zero-order valence-corrected chi connectivity index (χ0v) is 19.3. The van der Waals surface area contributed by atoms with Gasteiger partial charge in [0.15, 0.2) is 0 Å². The number of aryl methyl sites for hydroxylation is 1. The maximum atomic E-state index is 13.0. The molecule has 2 amide bonds. The number of carbonyl (C=O) groups is 2. The number of carbonyl (C=O) groups excluding carboxylic acids is 2. The number of hydrogen-bond donors (Lipinski definition) is 2. The van der Waals surface area contributed by atoms with E-state index in [1.54, 1.807) is 16.2 Å². The number of likely N-dealkylation sites (tertiary alicyclic amines) is 1. The van der Waals surface area contributed by atoms with E-state index in [-0.39, 0.29) is 23.3 Å². The lowest BCUT2D eigenvalue weighted by molar-refractivity contribution is -0.141. The summed E-state index contributed by atoms with van der Waals surface area (Å²) in [5, 5.41) is 3.08. The summed E-state index contributed by atoms with van der Waals surface area (Å²) in [6.07, 6.45) is 1.49. The van der Waals surface area contributed by atoms with Gasteiger partial charge in [0.05, 0.1) is 28.2 Å². The quantitative estimate of drug-likeness (QED) is 0.761. The highest BCUT2D eigenvalue weighted by Crippen LogP contribution is 2.29. The van der Waals surface area contributed by atoms with Gasteiger partial charge in [0.1, 0.15) is 6.04 Å². The molecule has 7 heteroatoms. The molecule has 3 atom stereocenters. The third-order valence-electron chi connectivity index (χ3n) is 5.81. The van der Waals surface area contributed by atoms with Crippen LogP contribution in [0.1, 0.15) is 57.8 Å². The Kier molecular flexibility index (Phi) is 6.62. The molecule has 2 aromatic rings. The fourth-order valence-corrected chi connectivity index (χ4v) is 4.56. The molecule has 162 valence electrons. The number of hydrogen-bond acceptors (Lipinski definition) is 5. The van der Waals surface area contributed by atoms with E-state index in [4.69, 9.17) is 5.73 Å². The molecule has 3 unspecified atom stereocenters. The van der Waals surface area contributed by atoms with E-state index in [1.165, 1.54) is 0 Å². The summed E-state index contributed by atoms with van der Waals surface area (Å²) >= 11 is 1.62. The zero-order valence-electron chi connectivity index (χ0n) is 18.4. The Morgan fingerprint density at radius 2 is 1.93 bits per heavy atom. The predicted molar refractivity (Wildman–Crippen MR) is 121 cm³/mol. The van der Waals surface area contributed by atoms with Crippen LogP contribution in [-0.2, 0) is 9.59 Å². The Balaban J connectivity index is 1.66. The normalized spacial score (nSPS) is 18.9. The van der Waals surface area contributed by atoms with Crippen molar-refractivity contribution >= 4 is 23.2 Å². The van der Waals surface area contributed by atoms with E-state index in [1.807, 2.05) is 52.3 Å². The maximum absolute atomic E-state index is 13.0. The minimum Gasteiger partial charge on any atom is -0.348 e. The van der Waals surface area contributed by atoms with E-state index in [0.29, 0.717) is 13.0 Å². The van der Waals surface area contributed by atoms with Crippen LogP contribution in [0.15, 0.2) is 29.8 Å². The lowest BCUT2D eigenvalue weighted by Crippen LogP contribution is -2.55. The van der Waals surface area contributed by atoms with E-state index < -0.39 is 12.1 Å². The SMILES string of the molecule is Cc1ncsc1-c1ccc(C(C)NC(=O)C2CCCN2C(=O)C(N)C(C)(C)C)cc1. The Morgan fingerprint density at radius 1 is 1.27 bits per heavy atom. The van der Waals surface area contributed by atoms with Gasteiger partial charge in [0.2, 0.25) is 11.8 Å². The molecule has 0 aliphatic carbocycles. The highest BCUT2D eigenvalue weighted by molar-refractivity contribution is 7.13. The molecule has 1 aromatic heterocycles. The first kappa shape index (κ1) is 22.4. The largest absolute Gasteiger partial charge is 0.348 e. The Morgan fingerprint density at radius 3 is 2.50 bits per heavy atom. The molecule has 3 rings (SSSR count). The van der Waals surface area contributed by atoms with Crippen molar-refractivity contribution in [1.82, 2.24) is 15.2 Å². The zero-order chi connectivity index (χ0) is 22.1. The van der Waals surface area contributed by atoms with Gasteiger partial charge in [0, 0.05) is 6.54 Å². The Labute approximate surface area is 182 Å². The number of nitrogens with two attached hydrogens (primary N) is 1. The fraction of sp³-hybridized carbons (Fsp3) is 0.522. The molecule has 0 saturated carbocycles. The minimum atomic E-state index is -0.619. The first-order chi connectivity index (χ1) is 14.1. The van der Waals surface area contributed by atoms with Crippen molar-refractivity contribution in [3.63, 3.8) is 0 Å². The minimum absolute atomic E-state index is 0.114. The third kappa shape index (κ3) is 4.73. The number of thiazole rings is 1. The van der Waals surface area contributed by atoms with Crippen molar-refractivity contribution in [3.05, 3.63) is 41.0 Å². The summed E-state index contributed by atoms with van der Waals surface area (Å²) in [6.45, 7) is 10.4. The fourth-order valence-electron chi connectivity index (χ4n) is 3.75. The van der Waals surface area contributed by atoms with Gasteiger partial charge in [-0.3, -0.25) is 9.59 Å². The summed E-state index contributed by atoms with van der Waals surface area (Å²) in [5.74, 6) is -0.256. The van der Waals surface area contributed by atoms with Gasteiger partial charge < -0.3 is 16.0 Å². The monoisotopic (exact) mass is 428 g/mol. The highest BCUT2D eigenvalue weighted by atomic mass is 32.1. The summed E-state index contributed by atoms with van der Waals surface area (Å²) < 4.78 is 0. The molecule has 6 nitrogen and oxygen atoms in total. The van der Waals surface area contributed by atoms with Crippen molar-refractivity contribution in [2.45, 2.75) is 65.6 Å². The first-order valence-corrected chi connectivity index (χ1v) is 11.3. The number of amides is 2. The molecular weight excluding hydrogens is 396 g/mol. The average molecular weight is 429 g/mol. The van der Waals surface area contributed by atoms with E-state index in [9.17, 15) is 9.59 Å². The Bertz CT molecular complexity index is 901. The van der Waals surface area contributed by atoms with Crippen molar-refractivity contribution in [3.8, 4) is 10.4 Å². The van der Waals surface area contributed by atoms with E-state index >= 15 is 0 Å². The molecule has 0 bridgehead atoms. The molecule has 1 aromatic carbocycles. The smallest absolute Gasteiger partial charge is 0.243 e. The second-order valence-corrected chi connectivity index (χ2v) is 10.0. The summed E-state index contributed by atoms with van der Waals surface area (Å²) in [6, 6.07) is 6.97. The van der Waals surface area contributed by atoms with E-state index in [0.717, 1.165) is 28.1 Å². The summed E-state index contributed by atoms with van der Waals surface area (Å²) in [7, 11) is 0. The maximum Gasteiger partial charge on any atom is 0.243 e. The van der Waals surface area contributed by atoms with Crippen LogP contribution in [0.2, 0.25) is 0 Å². The van der Waals surface area contributed by atoms with Gasteiger partial charge in [-0.25, -0.2) is 4.98 Å². The molecule has 30 heavy (non-hydrogen) atoms. The number of benzene rings is 1. The molecule has 1 saturated heterocycles. The number of nitrogens with zero attached hydrogens (tertiary/aromatic N) is 2. The van der Waals surface area contributed by atoms with Crippen LogP contribution in [0.25, 0.3) is 10.4 Å². The molecule has 1 aliphatic rings. The lowest BCUT2D eigenvalue weighted by Gasteiger charge is -2.33. The molecule has 3 N–H and O–H groups in total. The summed E-state index contributed by atoms with van der Waals surface area (Å²) in [5.41, 5.74) is 10.8. The van der Waals surface area contributed by atoms with Gasteiger partial charge >= 0.3 is 0 Å². The first-order valence-electron chi connectivity index (χ1n) is 10.5. The molecule has 1 aliphatic heterocycles. The average Bonchev–Trinajstić information content (AvgIpc) is 3.35. The van der Waals surface area contributed by atoms with E-state index in [2.05, 4.69) is 22.4 Å². The molecule has 2 heterocycles. The van der Waals surface area contributed by atoms with Crippen LogP contribution in [-0.4, -0.2) is 40.3 Å². The van der Waals surface area contributed by atoms with Crippen molar-refractivity contribution in [2.24, 2.45) is 11.1 Å². The van der Waals surface area contributed by atoms with Crippen molar-refractivity contribution in [2.75, 3.05) is 6.54 Å². The molecular formula is C23H32N4O2S. The Hall–Kier alpha value is -2.25. The van der Waals surface area contributed by atoms with Crippen molar-refractivity contribution < 1.29 is 9.59 Å². The molecule has 0 spiro atoms. The highest BCUT2D eigenvalue weighted by Gasteiger charge is 2.39. The standard InChI is InChI=1S/C23H32N4O2S/c1-14(16-8-10-17(11-9-16)19-15(2)25-13-30-19)26-21(28)18-7-6-12-27(18)22(29)20(24)23(3,4)5/h8-11,13-14,18,20H,6-7,12,24H2,1-5H3,(H,26,28). The predicted octanol–water partition coefficient (Wildman–Crippen LogP) is 3.66. The molecule has 0 radical (unpaired) electrons. The second-order valence-electron chi connectivity index (χ2n) is 9.15. The second kappa shape index (κ2) is 8.86.